The average molecular weight is 268 g/mol. The second-order valence-electron chi connectivity index (χ2n) is 8.04. The maximum absolute atomic E-state index is 2.42. The molecule has 1 aliphatic carbocycles. The van der Waals surface area contributed by atoms with Gasteiger partial charge in [-0.05, 0) is 52.0 Å². The highest BCUT2D eigenvalue weighted by Crippen LogP contribution is 2.38. The molecule has 108 valence electrons. The molecule has 1 aliphatic rings. The van der Waals surface area contributed by atoms with Crippen LogP contribution in [0.3, 0.4) is 0 Å². The summed E-state index contributed by atoms with van der Waals surface area (Å²) in [5.74, 6) is 0. The summed E-state index contributed by atoms with van der Waals surface area (Å²) in [6.07, 6.45) is 7.77. The molecule has 0 bridgehead atoms. The van der Waals surface area contributed by atoms with Gasteiger partial charge in [0.25, 0.3) is 0 Å². The van der Waals surface area contributed by atoms with E-state index >= 15 is 0 Å². The first-order chi connectivity index (χ1) is 9.10. The Labute approximate surface area is 124 Å². The smallest absolute Gasteiger partial charge is 0.00883 e. The number of benzene rings is 1. The van der Waals surface area contributed by atoms with Gasteiger partial charge in [0, 0.05) is 0 Å². The molecule has 0 saturated heterocycles. The van der Waals surface area contributed by atoms with Gasteiger partial charge >= 0.3 is 0 Å². The van der Waals surface area contributed by atoms with E-state index < -0.39 is 0 Å². The summed E-state index contributed by atoms with van der Waals surface area (Å²) in [4.78, 5) is 0. The molecule has 0 aromatic heterocycles. The monoisotopic (exact) mass is 268 g/mol. The van der Waals surface area contributed by atoms with E-state index in [9.17, 15) is 0 Å². The summed E-state index contributed by atoms with van der Waals surface area (Å²) >= 11 is 0. The van der Waals surface area contributed by atoms with E-state index in [1.165, 1.54) is 27.8 Å². The van der Waals surface area contributed by atoms with Gasteiger partial charge in [0.1, 0.15) is 0 Å². The quantitative estimate of drug-likeness (QED) is 0.592. The minimum atomic E-state index is 0.180. The van der Waals surface area contributed by atoms with Crippen molar-refractivity contribution in [3.8, 4) is 0 Å². The highest BCUT2D eigenvalue weighted by atomic mass is 14.3. The molecule has 0 amide bonds. The predicted molar refractivity (Wildman–Crippen MR) is 90.3 cm³/mol. The molecule has 0 N–H and O–H groups in total. The third-order valence-corrected chi connectivity index (χ3v) is 4.07. The maximum Gasteiger partial charge on any atom is -0.00883 e. The van der Waals surface area contributed by atoms with Crippen LogP contribution >= 0.6 is 0 Å². The SMILES string of the molecule is Cc1cc(C(C)(C)C)cc(C2=CC=CC2)c1C(C)(C)C. The van der Waals surface area contributed by atoms with Crippen molar-refractivity contribution in [2.75, 3.05) is 0 Å². The second-order valence-corrected chi connectivity index (χ2v) is 8.04. The van der Waals surface area contributed by atoms with E-state index in [0.717, 1.165) is 6.42 Å². The minimum absolute atomic E-state index is 0.180. The molecular weight excluding hydrogens is 240 g/mol. The molecule has 0 heteroatoms. The fraction of sp³-hybridized carbons (Fsp3) is 0.500. The van der Waals surface area contributed by atoms with Crippen LogP contribution in [0.2, 0.25) is 0 Å². The molecule has 0 unspecified atom stereocenters. The summed E-state index contributed by atoms with van der Waals surface area (Å²) in [6.45, 7) is 16.1. The molecule has 0 heterocycles. The van der Waals surface area contributed by atoms with Crippen LogP contribution in [-0.4, -0.2) is 0 Å². The fourth-order valence-electron chi connectivity index (χ4n) is 3.12. The third-order valence-electron chi connectivity index (χ3n) is 4.07. The molecule has 0 spiro atoms. The van der Waals surface area contributed by atoms with E-state index in [0.29, 0.717) is 0 Å². The van der Waals surface area contributed by atoms with Crippen molar-refractivity contribution in [1.29, 1.82) is 0 Å². The molecule has 0 saturated carbocycles. The molecule has 1 aromatic rings. The van der Waals surface area contributed by atoms with Crippen molar-refractivity contribution < 1.29 is 0 Å². The zero-order valence-electron chi connectivity index (χ0n) is 14.1. The molecule has 0 atom stereocenters. The van der Waals surface area contributed by atoms with Gasteiger partial charge in [-0.2, -0.15) is 0 Å². The molecule has 0 nitrogen and oxygen atoms in total. The van der Waals surface area contributed by atoms with E-state index in [-0.39, 0.29) is 10.8 Å². The van der Waals surface area contributed by atoms with Crippen LogP contribution in [0, 0.1) is 6.92 Å². The van der Waals surface area contributed by atoms with Crippen LogP contribution in [0.15, 0.2) is 30.4 Å². The normalized spacial score (nSPS) is 15.7. The van der Waals surface area contributed by atoms with Gasteiger partial charge in [-0.25, -0.2) is 0 Å². The summed E-state index contributed by atoms with van der Waals surface area (Å²) in [7, 11) is 0. The molecule has 0 fully saturated rings. The van der Waals surface area contributed by atoms with Crippen molar-refractivity contribution in [3.05, 3.63) is 52.6 Å². The first kappa shape index (κ1) is 15.1. The summed E-state index contributed by atoms with van der Waals surface area (Å²) in [6, 6.07) is 4.80. The molecular formula is C20H28. The van der Waals surface area contributed by atoms with E-state index in [1.54, 1.807) is 0 Å². The number of hydrogen-bond acceptors (Lipinski definition) is 0. The van der Waals surface area contributed by atoms with Gasteiger partial charge in [-0.15, -0.1) is 0 Å². The van der Waals surface area contributed by atoms with Gasteiger partial charge in [0.2, 0.25) is 0 Å². The van der Waals surface area contributed by atoms with Crippen LogP contribution in [-0.2, 0) is 10.8 Å². The van der Waals surface area contributed by atoms with Crippen LogP contribution in [0.5, 0.6) is 0 Å². The molecule has 1 aromatic carbocycles. The van der Waals surface area contributed by atoms with Gasteiger partial charge < -0.3 is 0 Å². The standard InChI is InChI=1S/C20H28/c1-14-12-16(19(2,3)4)13-17(15-10-8-9-11-15)18(14)20(5,6)7/h8-10,12-13H,11H2,1-7H3. The van der Waals surface area contributed by atoms with Crippen LogP contribution in [0.4, 0.5) is 0 Å². The van der Waals surface area contributed by atoms with Crippen LogP contribution < -0.4 is 0 Å². The lowest BCUT2D eigenvalue weighted by Gasteiger charge is -2.29. The third kappa shape index (κ3) is 2.90. The van der Waals surface area contributed by atoms with Crippen molar-refractivity contribution in [1.82, 2.24) is 0 Å². The highest BCUT2D eigenvalue weighted by molar-refractivity contribution is 5.75. The van der Waals surface area contributed by atoms with Gasteiger partial charge in [-0.3, -0.25) is 0 Å². The molecule has 0 radical (unpaired) electrons. The lowest BCUT2D eigenvalue weighted by atomic mass is 9.75. The minimum Gasteiger partial charge on any atom is -0.0801 e. The Morgan fingerprint density at radius 1 is 0.900 bits per heavy atom. The van der Waals surface area contributed by atoms with Gasteiger partial charge in [0.15, 0.2) is 0 Å². The second kappa shape index (κ2) is 4.91. The van der Waals surface area contributed by atoms with Crippen LogP contribution in [0.25, 0.3) is 5.57 Å². The first-order valence-electron chi connectivity index (χ1n) is 7.62. The Kier molecular flexibility index (Phi) is 3.71. The number of aryl methyl sites for hydroxylation is 1. The Balaban J connectivity index is 2.69. The topological polar surface area (TPSA) is 0 Å². The fourth-order valence-corrected chi connectivity index (χ4v) is 3.12. The first-order valence-corrected chi connectivity index (χ1v) is 7.62. The van der Waals surface area contributed by atoms with Crippen molar-refractivity contribution >= 4 is 5.57 Å². The zero-order valence-corrected chi connectivity index (χ0v) is 14.1. The zero-order chi connectivity index (χ0) is 15.1. The lowest BCUT2D eigenvalue weighted by Crippen LogP contribution is -2.19. The van der Waals surface area contributed by atoms with E-state index in [1.807, 2.05) is 0 Å². The highest BCUT2D eigenvalue weighted by Gasteiger charge is 2.25. The summed E-state index contributed by atoms with van der Waals surface area (Å²) in [5.41, 5.74) is 7.65. The van der Waals surface area contributed by atoms with Crippen LogP contribution in [0.1, 0.15) is 70.2 Å². The summed E-state index contributed by atoms with van der Waals surface area (Å²) < 4.78 is 0. The van der Waals surface area contributed by atoms with Gasteiger partial charge in [-0.1, -0.05) is 71.9 Å². The van der Waals surface area contributed by atoms with Crippen molar-refractivity contribution in [2.24, 2.45) is 0 Å². The Hall–Kier alpha value is -1.30. The van der Waals surface area contributed by atoms with E-state index in [2.05, 4.69) is 78.8 Å². The largest absolute Gasteiger partial charge is 0.0801 e. The number of hydrogen-bond donors (Lipinski definition) is 0. The predicted octanol–water partition coefficient (Wildman–Crippen LogP) is 5.93. The molecule has 0 aliphatic heterocycles. The Morgan fingerprint density at radius 3 is 2.00 bits per heavy atom. The Bertz CT molecular complexity index is 569. The molecule has 20 heavy (non-hydrogen) atoms. The average Bonchev–Trinajstić information content (AvgIpc) is 2.77. The number of rotatable bonds is 1. The maximum atomic E-state index is 2.42. The summed E-state index contributed by atoms with van der Waals surface area (Å²) in [5, 5.41) is 0. The molecule has 2 rings (SSSR count). The lowest BCUT2D eigenvalue weighted by molar-refractivity contribution is 0.571. The number of allylic oxidation sites excluding steroid dienone is 4. The van der Waals surface area contributed by atoms with Crippen molar-refractivity contribution in [3.63, 3.8) is 0 Å². The van der Waals surface area contributed by atoms with Crippen molar-refractivity contribution in [2.45, 2.75) is 65.7 Å². The van der Waals surface area contributed by atoms with Gasteiger partial charge in [0.05, 0.1) is 0 Å². The Morgan fingerprint density at radius 2 is 1.55 bits per heavy atom. The van der Waals surface area contributed by atoms with E-state index in [4.69, 9.17) is 0 Å².